The maximum absolute atomic E-state index is 12.7. The topological polar surface area (TPSA) is 9.23 Å². The quantitative estimate of drug-likeness (QED) is 0.722. The Balaban J connectivity index is 2.22. The highest BCUT2D eigenvalue weighted by molar-refractivity contribution is 9.25. The molecule has 0 amide bonds. The minimum Gasteiger partial charge on any atom is -0.493 e. The van der Waals surface area contributed by atoms with Gasteiger partial charge in [0.15, 0.2) is 0 Å². The van der Waals surface area contributed by atoms with Crippen LogP contribution in [0.5, 0.6) is 0 Å². The van der Waals surface area contributed by atoms with Crippen molar-refractivity contribution in [2.75, 3.05) is 6.61 Å². The first-order valence-corrected chi connectivity index (χ1v) is 5.05. The number of alkyl halides is 3. The van der Waals surface area contributed by atoms with Crippen molar-refractivity contribution in [3.63, 3.8) is 0 Å². The van der Waals surface area contributed by atoms with Crippen LogP contribution in [0, 0.1) is 0 Å². The Morgan fingerprint density at radius 2 is 2.36 bits per heavy atom. The monoisotopic (exact) mass is 286 g/mol. The molecule has 0 unspecified atom stereocenters. The van der Waals surface area contributed by atoms with Crippen LogP contribution in [0.15, 0.2) is 11.8 Å². The molecule has 1 aliphatic carbocycles. The summed E-state index contributed by atoms with van der Waals surface area (Å²) in [6.07, 6.45) is 5.13. The van der Waals surface area contributed by atoms with Crippen molar-refractivity contribution in [1.82, 2.24) is 0 Å². The van der Waals surface area contributed by atoms with Crippen molar-refractivity contribution < 1.29 is 9.13 Å². The summed E-state index contributed by atoms with van der Waals surface area (Å²) in [7, 11) is 0. The molecule has 4 heteroatoms. The smallest absolute Gasteiger partial charge is 0.252 e. The van der Waals surface area contributed by atoms with E-state index in [-0.39, 0.29) is 6.61 Å². The van der Waals surface area contributed by atoms with Crippen LogP contribution in [-0.2, 0) is 4.74 Å². The Hall–Kier alpha value is 0.430. The van der Waals surface area contributed by atoms with Crippen molar-refractivity contribution in [3.8, 4) is 0 Å². The molecule has 1 nitrogen and oxygen atoms in total. The zero-order valence-electron chi connectivity index (χ0n) is 5.95. The molecule has 0 fully saturated rings. The number of rotatable bonds is 3. The molecule has 11 heavy (non-hydrogen) atoms. The second-order valence-electron chi connectivity index (χ2n) is 2.47. The number of ether oxygens (including phenoxy) is 1. The second-order valence-corrected chi connectivity index (χ2v) is 6.04. The second kappa shape index (κ2) is 3.90. The standard InChI is InChI=1S/C7H9Br2FO/c8-7(9,10)5-11-6-3-1-2-4-6/h3H,1-2,4-5H2. The van der Waals surface area contributed by atoms with Gasteiger partial charge >= 0.3 is 0 Å². The molecule has 1 rings (SSSR count). The molecule has 0 spiro atoms. The van der Waals surface area contributed by atoms with Gasteiger partial charge in [0.2, 0.25) is 0 Å². The van der Waals surface area contributed by atoms with E-state index in [1.165, 1.54) is 0 Å². The lowest BCUT2D eigenvalue weighted by Crippen LogP contribution is -2.12. The third kappa shape index (κ3) is 4.11. The number of allylic oxidation sites excluding steroid dienone is 2. The lowest BCUT2D eigenvalue weighted by molar-refractivity contribution is 0.161. The van der Waals surface area contributed by atoms with Gasteiger partial charge in [0.25, 0.3) is 3.49 Å². The van der Waals surface area contributed by atoms with Crippen molar-refractivity contribution in [2.45, 2.75) is 22.7 Å². The van der Waals surface area contributed by atoms with Crippen LogP contribution < -0.4 is 0 Å². The molecule has 0 aliphatic heterocycles. The highest BCUT2D eigenvalue weighted by Gasteiger charge is 2.22. The highest BCUT2D eigenvalue weighted by Crippen LogP contribution is 2.30. The van der Waals surface area contributed by atoms with Crippen LogP contribution in [0.1, 0.15) is 19.3 Å². The molecule has 0 aromatic rings. The number of halogens is 3. The van der Waals surface area contributed by atoms with Gasteiger partial charge in [0, 0.05) is 6.42 Å². The van der Waals surface area contributed by atoms with Crippen molar-refractivity contribution in [1.29, 1.82) is 0 Å². The molecule has 0 atom stereocenters. The fourth-order valence-electron chi connectivity index (χ4n) is 0.947. The molecule has 1 aliphatic rings. The van der Waals surface area contributed by atoms with Crippen LogP contribution in [-0.4, -0.2) is 10.1 Å². The van der Waals surface area contributed by atoms with Gasteiger partial charge < -0.3 is 4.74 Å². The lowest BCUT2D eigenvalue weighted by Gasteiger charge is -2.12. The van der Waals surface area contributed by atoms with E-state index in [1.54, 1.807) is 0 Å². The van der Waals surface area contributed by atoms with Gasteiger partial charge in [-0.2, -0.15) is 0 Å². The van der Waals surface area contributed by atoms with E-state index in [4.69, 9.17) is 4.74 Å². The zero-order valence-corrected chi connectivity index (χ0v) is 9.12. The first-order valence-electron chi connectivity index (χ1n) is 3.46. The fraction of sp³-hybridized carbons (Fsp3) is 0.714. The summed E-state index contributed by atoms with van der Waals surface area (Å²) in [5, 5.41) is 0. The van der Waals surface area contributed by atoms with Gasteiger partial charge in [0.05, 0.1) is 5.76 Å². The van der Waals surface area contributed by atoms with Gasteiger partial charge in [-0.25, -0.2) is 4.39 Å². The highest BCUT2D eigenvalue weighted by atomic mass is 79.9. The Kier molecular flexibility index (Phi) is 3.37. The Morgan fingerprint density at radius 3 is 2.82 bits per heavy atom. The molecule has 0 heterocycles. The number of hydrogen-bond acceptors (Lipinski definition) is 1. The van der Waals surface area contributed by atoms with Crippen LogP contribution >= 0.6 is 31.9 Å². The average molecular weight is 288 g/mol. The van der Waals surface area contributed by atoms with E-state index in [1.807, 2.05) is 6.08 Å². The van der Waals surface area contributed by atoms with Gasteiger partial charge in [-0.3, -0.25) is 0 Å². The Bertz CT molecular complexity index is 162. The third-order valence-electron chi connectivity index (χ3n) is 1.42. The summed E-state index contributed by atoms with van der Waals surface area (Å²) in [4.78, 5) is 0. The Morgan fingerprint density at radius 1 is 1.64 bits per heavy atom. The van der Waals surface area contributed by atoms with E-state index < -0.39 is 3.49 Å². The predicted octanol–water partition coefficient (Wildman–Crippen LogP) is 3.48. The maximum Gasteiger partial charge on any atom is 0.252 e. The molecule has 0 N–H and O–H groups in total. The summed E-state index contributed by atoms with van der Waals surface area (Å²) >= 11 is 5.57. The molecule has 0 saturated carbocycles. The predicted molar refractivity (Wildman–Crippen MR) is 49.6 cm³/mol. The van der Waals surface area contributed by atoms with Crippen molar-refractivity contribution in [3.05, 3.63) is 11.8 Å². The molecule has 0 radical (unpaired) electrons. The molecule has 0 bridgehead atoms. The van der Waals surface area contributed by atoms with E-state index in [9.17, 15) is 4.39 Å². The molecule has 0 aromatic heterocycles. The van der Waals surface area contributed by atoms with Gasteiger partial charge in [-0.15, -0.1) is 0 Å². The van der Waals surface area contributed by atoms with Crippen LogP contribution in [0.3, 0.4) is 0 Å². The largest absolute Gasteiger partial charge is 0.493 e. The molecular weight excluding hydrogens is 279 g/mol. The first-order chi connectivity index (χ1) is 5.08. The first kappa shape index (κ1) is 9.52. The summed E-state index contributed by atoms with van der Waals surface area (Å²) < 4.78 is 16.3. The van der Waals surface area contributed by atoms with Crippen molar-refractivity contribution in [2.24, 2.45) is 0 Å². The van der Waals surface area contributed by atoms with Gasteiger partial charge in [-0.05, 0) is 50.8 Å². The van der Waals surface area contributed by atoms with Crippen LogP contribution in [0.25, 0.3) is 0 Å². The summed E-state index contributed by atoms with van der Waals surface area (Å²) in [5.41, 5.74) is 0. The fourth-order valence-corrected chi connectivity index (χ4v) is 1.18. The van der Waals surface area contributed by atoms with E-state index in [2.05, 4.69) is 31.9 Å². The minimum absolute atomic E-state index is 0.0127. The summed E-state index contributed by atoms with van der Waals surface area (Å²) in [5.74, 6) is 0.908. The summed E-state index contributed by atoms with van der Waals surface area (Å²) in [6, 6.07) is 0. The molecule has 0 saturated heterocycles. The van der Waals surface area contributed by atoms with E-state index >= 15 is 0 Å². The number of hydrogen-bond donors (Lipinski definition) is 0. The lowest BCUT2D eigenvalue weighted by atomic mass is 10.4. The molecule has 64 valence electrons. The normalized spacial score (nSPS) is 18.3. The van der Waals surface area contributed by atoms with Crippen LogP contribution in [0.2, 0.25) is 0 Å². The third-order valence-corrected chi connectivity index (χ3v) is 1.88. The SMILES string of the molecule is FC(Br)(Br)COC1=CCCC1. The zero-order chi connectivity index (χ0) is 8.32. The summed E-state index contributed by atoms with van der Waals surface area (Å²) in [6.45, 7) is 0.0127. The molecular formula is C7H9Br2FO. The van der Waals surface area contributed by atoms with E-state index in [0.29, 0.717) is 0 Å². The minimum atomic E-state index is -1.58. The van der Waals surface area contributed by atoms with Gasteiger partial charge in [0.1, 0.15) is 6.61 Å². The van der Waals surface area contributed by atoms with E-state index in [0.717, 1.165) is 25.0 Å². The average Bonchev–Trinajstić information content (AvgIpc) is 2.32. The van der Waals surface area contributed by atoms with Crippen molar-refractivity contribution >= 4 is 31.9 Å². The molecule has 0 aromatic carbocycles. The van der Waals surface area contributed by atoms with Gasteiger partial charge in [-0.1, -0.05) is 0 Å². The van der Waals surface area contributed by atoms with Crippen LogP contribution in [0.4, 0.5) is 4.39 Å². The Labute approximate surface area is 82.2 Å². The maximum atomic E-state index is 12.7.